The van der Waals surface area contributed by atoms with Crippen LogP contribution in [0, 0.1) is 0 Å². The molecule has 1 aliphatic rings. The van der Waals surface area contributed by atoms with Gasteiger partial charge in [0.2, 0.25) is 0 Å². The molecule has 2 aromatic heterocycles. The molecule has 4 heteroatoms. The molecule has 0 aliphatic carbocycles. The van der Waals surface area contributed by atoms with Crippen molar-refractivity contribution in [2.24, 2.45) is 7.05 Å². The van der Waals surface area contributed by atoms with E-state index in [0.717, 1.165) is 45.0 Å². The van der Waals surface area contributed by atoms with Gasteiger partial charge in [-0.3, -0.25) is 9.80 Å². The van der Waals surface area contributed by atoms with Gasteiger partial charge in [-0.2, -0.15) is 0 Å². The summed E-state index contributed by atoms with van der Waals surface area (Å²) in [5.74, 6) is 1.07. The van der Waals surface area contributed by atoms with Crippen molar-refractivity contribution >= 4 is 0 Å². The molecule has 19 heavy (non-hydrogen) atoms. The van der Waals surface area contributed by atoms with Crippen LogP contribution < -0.4 is 0 Å². The number of piperazine rings is 1. The minimum absolute atomic E-state index is 0.936. The monoisotopic (exact) mass is 259 g/mol. The van der Waals surface area contributed by atoms with E-state index in [0.29, 0.717) is 0 Å². The second-order valence-corrected chi connectivity index (χ2v) is 5.24. The zero-order chi connectivity index (χ0) is 13.1. The molecule has 102 valence electrons. The lowest BCUT2D eigenvalue weighted by Gasteiger charge is -2.34. The van der Waals surface area contributed by atoms with E-state index in [1.54, 1.807) is 6.26 Å². The summed E-state index contributed by atoms with van der Waals surface area (Å²) in [7, 11) is 2.11. The van der Waals surface area contributed by atoms with Crippen LogP contribution >= 0.6 is 0 Å². The van der Waals surface area contributed by atoms with E-state index in [2.05, 4.69) is 45.8 Å². The number of nitrogens with zero attached hydrogens (tertiary/aromatic N) is 3. The molecule has 0 bridgehead atoms. The van der Waals surface area contributed by atoms with Gasteiger partial charge in [-0.25, -0.2) is 0 Å². The van der Waals surface area contributed by atoms with Crippen LogP contribution in [0.15, 0.2) is 41.1 Å². The van der Waals surface area contributed by atoms with Gasteiger partial charge in [-0.05, 0) is 24.3 Å². The van der Waals surface area contributed by atoms with E-state index in [4.69, 9.17) is 4.42 Å². The third-order valence-electron chi connectivity index (χ3n) is 3.86. The van der Waals surface area contributed by atoms with Crippen LogP contribution in [0.25, 0.3) is 0 Å². The Kier molecular flexibility index (Phi) is 3.71. The summed E-state index contributed by atoms with van der Waals surface area (Å²) in [6, 6.07) is 8.33. The van der Waals surface area contributed by atoms with Crippen molar-refractivity contribution in [2.45, 2.75) is 13.1 Å². The van der Waals surface area contributed by atoms with Gasteiger partial charge in [-0.1, -0.05) is 0 Å². The van der Waals surface area contributed by atoms with Crippen molar-refractivity contribution in [1.29, 1.82) is 0 Å². The smallest absolute Gasteiger partial charge is 0.117 e. The second-order valence-electron chi connectivity index (χ2n) is 5.24. The standard InChI is InChI=1S/C15H21N3O/c1-16-6-2-4-14(16)12-17-7-9-18(10-8-17)13-15-5-3-11-19-15/h2-6,11H,7-10,12-13H2,1H3. The zero-order valence-electron chi connectivity index (χ0n) is 11.5. The lowest BCUT2D eigenvalue weighted by atomic mass is 10.2. The molecule has 0 N–H and O–H groups in total. The van der Waals surface area contributed by atoms with Gasteiger partial charge in [0.1, 0.15) is 5.76 Å². The highest BCUT2D eigenvalue weighted by Gasteiger charge is 2.18. The highest BCUT2D eigenvalue weighted by Crippen LogP contribution is 2.11. The molecule has 3 heterocycles. The minimum atomic E-state index is 0.936. The maximum absolute atomic E-state index is 5.41. The van der Waals surface area contributed by atoms with Gasteiger partial charge in [-0.15, -0.1) is 0 Å². The fourth-order valence-electron chi connectivity index (χ4n) is 2.62. The Morgan fingerprint density at radius 2 is 1.74 bits per heavy atom. The van der Waals surface area contributed by atoms with E-state index in [-0.39, 0.29) is 0 Å². The summed E-state index contributed by atoms with van der Waals surface area (Å²) in [4.78, 5) is 4.98. The molecule has 4 nitrogen and oxygen atoms in total. The first-order valence-corrected chi connectivity index (χ1v) is 6.88. The van der Waals surface area contributed by atoms with Crippen LogP contribution in [0.1, 0.15) is 11.5 Å². The molecule has 2 aromatic rings. The number of hydrogen-bond acceptors (Lipinski definition) is 3. The molecule has 1 aliphatic heterocycles. The summed E-state index contributed by atoms with van der Waals surface area (Å²) < 4.78 is 7.61. The summed E-state index contributed by atoms with van der Waals surface area (Å²) in [5.41, 5.74) is 1.39. The number of aromatic nitrogens is 1. The SMILES string of the molecule is Cn1cccc1CN1CCN(Cc2ccco2)CC1. The Hall–Kier alpha value is -1.52. The van der Waals surface area contributed by atoms with Crippen LogP contribution in [-0.2, 0) is 20.1 Å². The minimum Gasteiger partial charge on any atom is -0.468 e. The molecular formula is C15H21N3O. The van der Waals surface area contributed by atoms with Gasteiger partial charge in [0.05, 0.1) is 12.8 Å². The van der Waals surface area contributed by atoms with E-state index in [1.165, 1.54) is 5.69 Å². The lowest BCUT2D eigenvalue weighted by Crippen LogP contribution is -2.45. The highest BCUT2D eigenvalue weighted by molar-refractivity contribution is 5.06. The molecule has 0 amide bonds. The van der Waals surface area contributed by atoms with Gasteiger partial charge in [0.15, 0.2) is 0 Å². The van der Waals surface area contributed by atoms with E-state index in [9.17, 15) is 0 Å². The van der Waals surface area contributed by atoms with Crippen molar-refractivity contribution in [3.05, 3.63) is 48.2 Å². The third kappa shape index (κ3) is 3.08. The van der Waals surface area contributed by atoms with Crippen LogP contribution in [0.5, 0.6) is 0 Å². The molecule has 0 unspecified atom stereocenters. The molecule has 1 saturated heterocycles. The predicted octanol–water partition coefficient (Wildman–Crippen LogP) is 1.94. The Bertz CT molecular complexity index is 495. The van der Waals surface area contributed by atoms with Crippen LogP contribution in [0.2, 0.25) is 0 Å². The normalized spacial score (nSPS) is 17.9. The van der Waals surface area contributed by atoms with Crippen LogP contribution in [0.3, 0.4) is 0 Å². The first kappa shape index (κ1) is 12.5. The summed E-state index contributed by atoms with van der Waals surface area (Å²) in [6.45, 7) is 6.48. The van der Waals surface area contributed by atoms with Gasteiger partial charge in [0, 0.05) is 51.7 Å². The number of hydrogen-bond donors (Lipinski definition) is 0. The Morgan fingerprint density at radius 3 is 2.32 bits per heavy atom. The maximum atomic E-state index is 5.41. The largest absolute Gasteiger partial charge is 0.468 e. The van der Waals surface area contributed by atoms with E-state index >= 15 is 0 Å². The summed E-state index contributed by atoms with van der Waals surface area (Å²) in [5, 5.41) is 0. The Labute approximate surface area is 114 Å². The molecule has 0 atom stereocenters. The molecule has 3 rings (SSSR count). The first-order chi connectivity index (χ1) is 9.31. The highest BCUT2D eigenvalue weighted by atomic mass is 16.3. The fraction of sp³-hybridized carbons (Fsp3) is 0.467. The fourth-order valence-corrected chi connectivity index (χ4v) is 2.62. The zero-order valence-corrected chi connectivity index (χ0v) is 11.5. The lowest BCUT2D eigenvalue weighted by molar-refractivity contribution is 0.114. The van der Waals surface area contributed by atoms with E-state index < -0.39 is 0 Å². The average Bonchev–Trinajstić information content (AvgIpc) is 3.05. The molecular weight excluding hydrogens is 238 g/mol. The second kappa shape index (κ2) is 5.63. The van der Waals surface area contributed by atoms with Crippen molar-refractivity contribution < 1.29 is 4.42 Å². The Morgan fingerprint density at radius 1 is 1.00 bits per heavy atom. The van der Waals surface area contributed by atoms with Gasteiger partial charge >= 0.3 is 0 Å². The molecule has 0 aromatic carbocycles. The first-order valence-electron chi connectivity index (χ1n) is 6.88. The topological polar surface area (TPSA) is 24.6 Å². The summed E-state index contributed by atoms with van der Waals surface area (Å²) >= 11 is 0. The average molecular weight is 259 g/mol. The van der Waals surface area contributed by atoms with Crippen molar-refractivity contribution in [1.82, 2.24) is 14.4 Å². The summed E-state index contributed by atoms with van der Waals surface area (Å²) in [6.07, 6.45) is 3.86. The maximum Gasteiger partial charge on any atom is 0.117 e. The van der Waals surface area contributed by atoms with Gasteiger partial charge in [0.25, 0.3) is 0 Å². The molecule has 0 spiro atoms. The number of aryl methyl sites for hydroxylation is 1. The van der Waals surface area contributed by atoms with Crippen molar-refractivity contribution in [3.63, 3.8) is 0 Å². The van der Waals surface area contributed by atoms with Crippen molar-refractivity contribution in [2.75, 3.05) is 26.2 Å². The van der Waals surface area contributed by atoms with Gasteiger partial charge < -0.3 is 8.98 Å². The van der Waals surface area contributed by atoms with Crippen LogP contribution in [-0.4, -0.2) is 40.5 Å². The predicted molar refractivity (Wildman–Crippen MR) is 74.7 cm³/mol. The third-order valence-corrected chi connectivity index (χ3v) is 3.86. The molecule has 0 radical (unpaired) electrons. The molecule has 1 fully saturated rings. The van der Waals surface area contributed by atoms with E-state index in [1.807, 2.05) is 6.07 Å². The van der Waals surface area contributed by atoms with Crippen molar-refractivity contribution in [3.8, 4) is 0 Å². The molecule has 0 saturated carbocycles. The number of rotatable bonds is 4. The quantitative estimate of drug-likeness (QED) is 0.838. The Balaban J connectivity index is 1.48. The number of furan rings is 1. The van der Waals surface area contributed by atoms with Crippen LogP contribution in [0.4, 0.5) is 0 Å².